The average molecular weight is 365 g/mol. The Labute approximate surface area is 158 Å². The molecule has 0 unspecified atom stereocenters. The lowest BCUT2D eigenvalue weighted by Gasteiger charge is -2.08. The van der Waals surface area contributed by atoms with Crippen LogP contribution in [0.25, 0.3) is 10.8 Å². The van der Waals surface area contributed by atoms with Crippen LogP contribution >= 0.6 is 11.6 Å². The lowest BCUT2D eigenvalue weighted by atomic mass is 10.0. The molecule has 3 aromatic rings. The van der Waals surface area contributed by atoms with Crippen molar-refractivity contribution in [3.05, 3.63) is 82.9 Å². The summed E-state index contributed by atoms with van der Waals surface area (Å²) in [4.78, 5) is 12.4. The molecule has 3 nitrogen and oxygen atoms in total. The summed E-state index contributed by atoms with van der Waals surface area (Å²) in [6, 6.07) is 21.6. The third-order valence-electron chi connectivity index (χ3n) is 4.21. The summed E-state index contributed by atoms with van der Waals surface area (Å²) >= 11 is 5.95. The highest BCUT2D eigenvalue weighted by atomic mass is 35.5. The van der Waals surface area contributed by atoms with E-state index in [9.17, 15) is 4.79 Å². The number of carbonyl (C=O) groups is 1. The van der Waals surface area contributed by atoms with E-state index in [1.165, 1.54) is 0 Å². The van der Waals surface area contributed by atoms with Crippen molar-refractivity contribution in [1.29, 1.82) is 0 Å². The van der Waals surface area contributed by atoms with Crippen LogP contribution in [0.2, 0.25) is 5.02 Å². The highest BCUT2D eigenvalue weighted by Crippen LogP contribution is 2.19. The molecule has 1 N–H and O–H groups in total. The Hall–Kier alpha value is -2.65. The summed E-state index contributed by atoms with van der Waals surface area (Å²) in [5, 5.41) is 7.28. The Kier molecular flexibility index (Phi) is 6.03. The maximum absolute atomic E-state index is 12.4. The van der Waals surface area contributed by atoms with Crippen LogP contribution in [0.5, 0.6) is 0 Å². The number of hydrogen-bond donors (Lipinski definition) is 1. The van der Waals surface area contributed by atoms with Crippen molar-refractivity contribution in [2.24, 2.45) is 5.10 Å². The molecule has 26 heavy (non-hydrogen) atoms. The second kappa shape index (κ2) is 8.63. The molecule has 0 fully saturated rings. The molecule has 0 radical (unpaired) electrons. The zero-order chi connectivity index (χ0) is 18.4. The van der Waals surface area contributed by atoms with Gasteiger partial charge >= 0.3 is 0 Å². The van der Waals surface area contributed by atoms with Gasteiger partial charge in [0.15, 0.2) is 0 Å². The Morgan fingerprint density at radius 3 is 2.50 bits per heavy atom. The van der Waals surface area contributed by atoms with Gasteiger partial charge in [0.1, 0.15) is 0 Å². The number of hydrogen-bond acceptors (Lipinski definition) is 2. The largest absolute Gasteiger partial charge is 0.273 e. The molecule has 0 bridgehead atoms. The van der Waals surface area contributed by atoms with Crippen LogP contribution in [0, 0.1) is 0 Å². The first kappa shape index (κ1) is 18.2. The minimum Gasteiger partial charge on any atom is -0.273 e. The SMILES string of the molecule is CCC/C(=N/NC(=O)Cc1cccc2ccccc12)c1ccc(Cl)cc1. The number of rotatable bonds is 6. The third-order valence-corrected chi connectivity index (χ3v) is 4.46. The first-order chi connectivity index (χ1) is 12.7. The fourth-order valence-electron chi connectivity index (χ4n) is 2.93. The lowest BCUT2D eigenvalue weighted by Crippen LogP contribution is -2.22. The number of benzene rings is 3. The fraction of sp³-hybridized carbons (Fsp3) is 0.182. The van der Waals surface area contributed by atoms with E-state index in [0.717, 1.165) is 40.5 Å². The number of hydrazone groups is 1. The number of halogens is 1. The second-order valence-corrected chi connectivity index (χ2v) is 6.60. The molecule has 3 rings (SSSR count). The summed E-state index contributed by atoms with van der Waals surface area (Å²) < 4.78 is 0. The minimum atomic E-state index is -0.121. The van der Waals surface area contributed by atoms with Crippen molar-refractivity contribution in [2.75, 3.05) is 0 Å². The van der Waals surface area contributed by atoms with Gasteiger partial charge in [-0.25, -0.2) is 5.43 Å². The van der Waals surface area contributed by atoms with Crippen LogP contribution in [0.3, 0.4) is 0 Å². The van der Waals surface area contributed by atoms with Crippen molar-refractivity contribution < 1.29 is 4.79 Å². The van der Waals surface area contributed by atoms with Crippen LogP contribution in [0.4, 0.5) is 0 Å². The second-order valence-electron chi connectivity index (χ2n) is 6.17. The van der Waals surface area contributed by atoms with Crippen LogP contribution in [-0.4, -0.2) is 11.6 Å². The van der Waals surface area contributed by atoms with E-state index in [-0.39, 0.29) is 5.91 Å². The Bertz CT molecular complexity index is 927. The highest BCUT2D eigenvalue weighted by Gasteiger charge is 2.08. The predicted octanol–water partition coefficient (Wildman–Crippen LogP) is 5.36. The monoisotopic (exact) mass is 364 g/mol. The van der Waals surface area contributed by atoms with E-state index in [2.05, 4.69) is 29.6 Å². The molecule has 0 saturated carbocycles. The highest BCUT2D eigenvalue weighted by molar-refractivity contribution is 6.30. The zero-order valence-corrected chi connectivity index (χ0v) is 15.5. The van der Waals surface area contributed by atoms with Gasteiger partial charge < -0.3 is 0 Å². The first-order valence-corrected chi connectivity index (χ1v) is 9.13. The number of nitrogens with one attached hydrogen (secondary N) is 1. The standard InChI is InChI=1S/C22H21ClN2O/c1-2-6-21(17-11-13-19(23)14-12-17)24-25-22(26)15-18-9-5-8-16-7-3-4-10-20(16)18/h3-5,7-14H,2,6,15H2,1H3,(H,25,26)/b24-21-. The van der Waals surface area contributed by atoms with Gasteiger partial charge in [-0.3, -0.25) is 4.79 Å². The molecule has 0 atom stereocenters. The Morgan fingerprint density at radius 2 is 1.73 bits per heavy atom. The van der Waals surface area contributed by atoms with Gasteiger partial charge in [0.05, 0.1) is 12.1 Å². The molecule has 0 spiro atoms. The van der Waals surface area contributed by atoms with E-state index in [0.29, 0.717) is 11.4 Å². The molecule has 4 heteroatoms. The summed E-state index contributed by atoms with van der Waals surface area (Å²) in [6.45, 7) is 2.09. The van der Waals surface area contributed by atoms with Crippen LogP contribution in [0.15, 0.2) is 71.8 Å². The van der Waals surface area contributed by atoms with Crippen LogP contribution < -0.4 is 5.43 Å². The van der Waals surface area contributed by atoms with Gasteiger partial charge in [0.25, 0.3) is 0 Å². The minimum absolute atomic E-state index is 0.121. The first-order valence-electron chi connectivity index (χ1n) is 8.75. The van der Waals surface area contributed by atoms with Gasteiger partial charge in [-0.2, -0.15) is 5.10 Å². The van der Waals surface area contributed by atoms with Crippen LogP contribution in [0.1, 0.15) is 30.9 Å². The predicted molar refractivity (Wildman–Crippen MR) is 109 cm³/mol. The third kappa shape index (κ3) is 4.50. The molecule has 132 valence electrons. The van der Waals surface area contributed by atoms with Gasteiger partial charge in [-0.05, 0) is 40.5 Å². The smallest absolute Gasteiger partial charge is 0.244 e. The van der Waals surface area contributed by atoms with E-state index >= 15 is 0 Å². The van der Waals surface area contributed by atoms with Gasteiger partial charge in [0.2, 0.25) is 5.91 Å². The molecule has 0 aliphatic heterocycles. The van der Waals surface area contributed by atoms with E-state index in [1.807, 2.05) is 54.6 Å². The maximum atomic E-state index is 12.4. The summed E-state index contributed by atoms with van der Waals surface area (Å²) in [5.41, 5.74) is 5.54. The number of nitrogens with zero attached hydrogens (tertiary/aromatic N) is 1. The summed E-state index contributed by atoms with van der Waals surface area (Å²) in [6.07, 6.45) is 2.03. The van der Waals surface area contributed by atoms with E-state index < -0.39 is 0 Å². The fourth-order valence-corrected chi connectivity index (χ4v) is 3.06. The lowest BCUT2D eigenvalue weighted by molar-refractivity contribution is -0.120. The van der Waals surface area contributed by atoms with Gasteiger partial charge in [-0.15, -0.1) is 0 Å². The Balaban J connectivity index is 1.75. The molecule has 0 aliphatic rings. The van der Waals surface area contributed by atoms with Crippen molar-refractivity contribution in [3.8, 4) is 0 Å². The van der Waals surface area contributed by atoms with E-state index in [1.54, 1.807) is 0 Å². The van der Waals surface area contributed by atoms with Crippen molar-refractivity contribution in [1.82, 2.24) is 5.43 Å². The molecule has 0 aromatic heterocycles. The molecule has 3 aromatic carbocycles. The molecule has 0 saturated heterocycles. The summed E-state index contributed by atoms with van der Waals surface area (Å²) in [5.74, 6) is -0.121. The quantitative estimate of drug-likeness (QED) is 0.464. The van der Waals surface area contributed by atoms with Crippen molar-refractivity contribution in [3.63, 3.8) is 0 Å². The molecule has 1 amide bonds. The normalized spacial score (nSPS) is 11.5. The van der Waals surface area contributed by atoms with Crippen molar-refractivity contribution in [2.45, 2.75) is 26.2 Å². The zero-order valence-electron chi connectivity index (χ0n) is 14.7. The maximum Gasteiger partial charge on any atom is 0.244 e. The van der Waals surface area contributed by atoms with Gasteiger partial charge in [0, 0.05) is 5.02 Å². The van der Waals surface area contributed by atoms with Gasteiger partial charge in [-0.1, -0.05) is 79.5 Å². The van der Waals surface area contributed by atoms with E-state index in [4.69, 9.17) is 11.6 Å². The number of amides is 1. The molecule has 0 aliphatic carbocycles. The average Bonchev–Trinajstić information content (AvgIpc) is 2.66. The number of fused-ring (bicyclic) bond motifs is 1. The number of carbonyl (C=O) groups excluding carboxylic acids is 1. The molecule has 0 heterocycles. The molecular weight excluding hydrogens is 344 g/mol. The summed E-state index contributed by atoms with van der Waals surface area (Å²) in [7, 11) is 0. The Morgan fingerprint density at radius 1 is 1.00 bits per heavy atom. The van der Waals surface area contributed by atoms with Crippen LogP contribution in [-0.2, 0) is 11.2 Å². The molecular formula is C22H21ClN2O. The van der Waals surface area contributed by atoms with Crippen molar-refractivity contribution >= 4 is 34.0 Å². The topological polar surface area (TPSA) is 41.5 Å².